The van der Waals surface area contributed by atoms with Crippen LogP contribution in [0, 0.1) is 6.92 Å². The normalized spacial score (nSPS) is 20.0. The van der Waals surface area contributed by atoms with E-state index in [-0.39, 0.29) is 11.8 Å². The van der Waals surface area contributed by atoms with Crippen LogP contribution in [0.1, 0.15) is 35.7 Å². The van der Waals surface area contributed by atoms with E-state index in [1.54, 1.807) is 4.31 Å². The van der Waals surface area contributed by atoms with Gasteiger partial charge in [0, 0.05) is 18.4 Å². The van der Waals surface area contributed by atoms with E-state index in [1.807, 2.05) is 49.5 Å². The molecular weight excluding hydrogens is 284 g/mol. The van der Waals surface area contributed by atoms with Crippen LogP contribution in [0.4, 0.5) is 0 Å². The predicted octanol–water partition coefficient (Wildman–Crippen LogP) is 2.99. The van der Waals surface area contributed by atoms with Crippen molar-refractivity contribution < 1.29 is 8.42 Å². The molecule has 1 saturated heterocycles. The highest BCUT2D eigenvalue weighted by molar-refractivity contribution is 7.88. The van der Waals surface area contributed by atoms with Gasteiger partial charge in [0.1, 0.15) is 0 Å². The van der Waals surface area contributed by atoms with Crippen LogP contribution in [0.25, 0.3) is 0 Å². The van der Waals surface area contributed by atoms with Gasteiger partial charge >= 0.3 is 0 Å². The average molecular weight is 304 g/mol. The average Bonchev–Trinajstić information content (AvgIpc) is 3.09. The zero-order valence-electron chi connectivity index (χ0n) is 12.1. The standard InChI is InChI=1S/C16H20N2O2S/c1-13-5-2-6-14(11-13)12-21(19,20)18-10-4-8-16(18)15-7-3-9-17-15/h2-3,5-7,9,11,16-17H,4,8,10,12H2,1H3. The van der Waals surface area contributed by atoms with Crippen LogP contribution in [0.2, 0.25) is 0 Å². The molecule has 112 valence electrons. The number of rotatable bonds is 4. The molecule has 1 aliphatic heterocycles. The summed E-state index contributed by atoms with van der Waals surface area (Å²) in [4.78, 5) is 3.15. The van der Waals surface area contributed by atoms with Gasteiger partial charge in [-0.15, -0.1) is 0 Å². The fourth-order valence-electron chi connectivity index (χ4n) is 3.03. The minimum absolute atomic E-state index is 0.0465. The molecular formula is C16H20N2O2S. The van der Waals surface area contributed by atoms with Gasteiger partial charge in [-0.3, -0.25) is 0 Å². The lowest BCUT2D eigenvalue weighted by molar-refractivity contribution is 0.391. The summed E-state index contributed by atoms with van der Waals surface area (Å²) >= 11 is 0. The van der Waals surface area contributed by atoms with Gasteiger partial charge in [-0.2, -0.15) is 4.31 Å². The Morgan fingerprint density at radius 1 is 1.29 bits per heavy atom. The first-order valence-electron chi connectivity index (χ1n) is 7.24. The monoisotopic (exact) mass is 304 g/mol. The van der Waals surface area contributed by atoms with E-state index in [0.29, 0.717) is 6.54 Å². The minimum atomic E-state index is -3.29. The number of aromatic nitrogens is 1. The summed E-state index contributed by atoms with van der Waals surface area (Å²) in [6, 6.07) is 11.5. The van der Waals surface area contributed by atoms with Crippen LogP contribution in [0.5, 0.6) is 0 Å². The van der Waals surface area contributed by atoms with Crippen molar-refractivity contribution >= 4 is 10.0 Å². The largest absolute Gasteiger partial charge is 0.364 e. The molecule has 0 saturated carbocycles. The lowest BCUT2D eigenvalue weighted by Crippen LogP contribution is -2.31. The van der Waals surface area contributed by atoms with Crippen molar-refractivity contribution in [1.82, 2.24) is 9.29 Å². The van der Waals surface area contributed by atoms with E-state index < -0.39 is 10.0 Å². The Morgan fingerprint density at radius 3 is 2.86 bits per heavy atom. The molecule has 5 heteroatoms. The summed E-state index contributed by atoms with van der Waals surface area (Å²) in [5, 5.41) is 0. The molecule has 1 aliphatic rings. The number of hydrogen-bond acceptors (Lipinski definition) is 2. The molecule has 0 bridgehead atoms. The first-order valence-corrected chi connectivity index (χ1v) is 8.85. The molecule has 2 aromatic rings. The van der Waals surface area contributed by atoms with Crippen molar-refractivity contribution in [3.05, 3.63) is 59.4 Å². The summed E-state index contributed by atoms with van der Waals surface area (Å²) in [5.41, 5.74) is 2.93. The maximum atomic E-state index is 12.7. The highest BCUT2D eigenvalue weighted by atomic mass is 32.2. The quantitative estimate of drug-likeness (QED) is 0.944. The number of aromatic amines is 1. The molecule has 1 fully saturated rings. The molecule has 0 amide bonds. The Hall–Kier alpha value is -1.59. The van der Waals surface area contributed by atoms with E-state index in [1.165, 1.54) is 0 Å². The third-order valence-electron chi connectivity index (χ3n) is 3.97. The first kappa shape index (κ1) is 14.4. The Bertz CT molecular complexity index is 708. The Morgan fingerprint density at radius 2 is 2.14 bits per heavy atom. The van der Waals surface area contributed by atoms with E-state index in [9.17, 15) is 8.42 Å². The minimum Gasteiger partial charge on any atom is -0.364 e. The Balaban J connectivity index is 1.84. The molecule has 0 aliphatic carbocycles. The second-order valence-electron chi connectivity index (χ2n) is 5.64. The maximum Gasteiger partial charge on any atom is 0.218 e. The number of nitrogens with one attached hydrogen (secondary N) is 1. The van der Waals surface area contributed by atoms with Crippen LogP contribution >= 0.6 is 0 Å². The molecule has 2 heterocycles. The molecule has 0 spiro atoms. The van der Waals surface area contributed by atoms with Crippen LogP contribution in [0.15, 0.2) is 42.6 Å². The second-order valence-corrected chi connectivity index (χ2v) is 7.56. The molecule has 1 atom stereocenters. The molecule has 1 N–H and O–H groups in total. The lowest BCUT2D eigenvalue weighted by atomic mass is 10.2. The number of sulfonamides is 1. The number of aryl methyl sites for hydroxylation is 1. The Kier molecular flexibility index (Phi) is 3.87. The zero-order valence-corrected chi connectivity index (χ0v) is 12.9. The van der Waals surface area contributed by atoms with Gasteiger partial charge in [0.15, 0.2) is 0 Å². The van der Waals surface area contributed by atoms with E-state index in [0.717, 1.165) is 29.7 Å². The van der Waals surface area contributed by atoms with Gasteiger partial charge < -0.3 is 4.98 Å². The fourth-order valence-corrected chi connectivity index (χ4v) is 4.81. The van der Waals surface area contributed by atoms with Crippen LogP contribution in [0.3, 0.4) is 0 Å². The topological polar surface area (TPSA) is 53.2 Å². The van der Waals surface area contributed by atoms with Crippen molar-refractivity contribution in [3.63, 3.8) is 0 Å². The third kappa shape index (κ3) is 3.04. The van der Waals surface area contributed by atoms with Crippen LogP contribution in [-0.4, -0.2) is 24.3 Å². The predicted molar refractivity (Wildman–Crippen MR) is 83.3 cm³/mol. The summed E-state index contributed by atoms with van der Waals surface area (Å²) in [7, 11) is -3.29. The lowest BCUT2D eigenvalue weighted by Gasteiger charge is -2.23. The number of hydrogen-bond donors (Lipinski definition) is 1. The van der Waals surface area contributed by atoms with Crippen molar-refractivity contribution in [1.29, 1.82) is 0 Å². The zero-order chi connectivity index (χ0) is 14.9. The highest BCUT2D eigenvalue weighted by Gasteiger charge is 2.35. The fraction of sp³-hybridized carbons (Fsp3) is 0.375. The summed E-state index contributed by atoms with van der Waals surface area (Å²) in [5.74, 6) is 0.0753. The molecule has 3 rings (SSSR count). The molecule has 1 aromatic carbocycles. The molecule has 0 radical (unpaired) electrons. The van der Waals surface area contributed by atoms with E-state index in [2.05, 4.69) is 4.98 Å². The van der Waals surface area contributed by atoms with E-state index in [4.69, 9.17) is 0 Å². The van der Waals surface area contributed by atoms with Gasteiger partial charge in [0.05, 0.1) is 11.8 Å². The summed E-state index contributed by atoms with van der Waals surface area (Å²) < 4.78 is 27.1. The summed E-state index contributed by atoms with van der Waals surface area (Å²) in [6.07, 6.45) is 3.64. The third-order valence-corrected chi connectivity index (χ3v) is 5.82. The van der Waals surface area contributed by atoms with Crippen LogP contribution in [-0.2, 0) is 15.8 Å². The maximum absolute atomic E-state index is 12.7. The van der Waals surface area contributed by atoms with Crippen molar-refractivity contribution in [2.24, 2.45) is 0 Å². The number of nitrogens with zero attached hydrogens (tertiary/aromatic N) is 1. The van der Waals surface area contributed by atoms with E-state index >= 15 is 0 Å². The van der Waals surface area contributed by atoms with Crippen LogP contribution < -0.4 is 0 Å². The number of benzene rings is 1. The van der Waals surface area contributed by atoms with Gasteiger partial charge in [0.2, 0.25) is 10.0 Å². The highest BCUT2D eigenvalue weighted by Crippen LogP contribution is 2.34. The van der Waals surface area contributed by atoms with Crippen molar-refractivity contribution in [2.75, 3.05) is 6.54 Å². The van der Waals surface area contributed by atoms with Gasteiger partial charge in [0.25, 0.3) is 0 Å². The second kappa shape index (κ2) is 5.66. The Labute approximate surface area is 125 Å². The van der Waals surface area contributed by atoms with Crippen molar-refractivity contribution in [3.8, 4) is 0 Å². The molecule has 21 heavy (non-hydrogen) atoms. The summed E-state index contributed by atoms with van der Waals surface area (Å²) in [6.45, 7) is 2.59. The smallest absolute Gasteiger partial charge is 0.218 e. The molecule has 4 nitrogen and oxygen atoms in total. The first-order chi connectivity index (χ1) is 10.1. The van der Waals surface area contributed by atoms with Gasteiger partial charge in [-0.05, 0) is 37.5 Å². The number of H-pyrrole nitrogens is 1. The van der Waals surface area contributed by atoms with Crippen molar-refractivity contribution in [2.45, 2.75) is 31.6 Å². The molecule has 1 aromatic heterocycles. The van der Waals surface area contributed by atoms with Gasteiger partial charge in [-0.1, -0.05) is 29.8 Å². The SMILES string of the molecule is Cc1cccc(CS(=O)(=O)N2CCCC2c2ccc[nH]2)c1. The molecule has 1 unspecified atom stereocenters. The van der Waals surface area contributed by atoms with Gasteiger partial charge in [-0.25, -0.2) is 8.42 Å².